The van der Waals surface area contributed by atoms with Crippen molar-refractivity contribution in [1.82, 2.24) is 5.32 Å². The zero-order chi connectivity index (χ0) is 20.4. The van der Waals surface area contributed by atoms with Gasteiger partial charge >= 0.3 is 5.97 Å². The number of carbonyl (C=O) groups is 2. The summed E-state index contributed by atoms with van der Waals surface area (Å²) in [6.07, 6.45) is 0.330. The highest BCUT2D eigenvalue weighted by molar-refractivity contribution is 7.91. The van der Waals surface area contributed by atoms with Gasteiger partial charge in [-0.15, -0.1) is 0 Å². The Kier molecular flexibility index (Phi) is 5.76. The summed E-state index contributed by atoms with van der Waals surface area (Å²) in [7, 11) is -3.15. The van der Waals surface area contributed by atoms with Gasteiger partial charge in [0.25, 0.3) is 5.91 Å². The Morgan fingerprint density at radius 2 is 2.04 bits per heavy atom. The highest BCUT2D eigenvalue weighted by atomic mass is 32.2. The zero-order valence-corrected chi connectivity index (χ0v) is 16.6. The number of esters is 1. The minimum absolute atomic E-state index is 0.00268. The Labute approximate surface area is 163 Å². The Morgan fingerprint density at radius 1 is 1.29 bits per heavy atom. The number of fused-ring (bicyclic) bond motifs is 1. The fraction of sp³-hybridized carbons (Fsp3) is 0.474. The second-order valence-corrected chi connectivity index (χ2v) is 9.25. The van der Waals surface area contributed by atoms with Gasteiger partial charge in [0, 0.05) is 17.6 Å². The summed E-state index contributed by atoms with van der Waals surface area (Å²) in [4.78, 5) is 24.6. The van der Waals surface area contributed by atoms with Crippen molar-refractivity contribution >= 4 is 32.7 Å². The van der Waals surface area contributed by atoms with E-state index in [-0.39, 0.29) is 23.9 Å². The van der Waals surface area contributed by atoms with E-state index in [0.29, 0.717) is 24.2 Å². The molecule has 0 bridgehead atoms. The third-order valence-corrected chi connectivity index (χ3v) is 6.52. The Hall–Kier alpha value is -2.39. The van der Waals surface area contributed by atoms with Crippen molar-refractivity contribution in [2.75, 3.05) is 24.7 Å². The first-order valence-corrected chi connectivity index (χ1v) is 10.8. The average molecular weight is 409 g/mol. The van der Waals surface area contributed by atoms with Gasteiger partial charge in [0.2, 0.25) is 5.76 Å². The normalized spacial score (nSPS) is 20.9. The van der Waals surface area contributed by atoms with Crippen LogP contribution in [-0.2, 0) is 30.7 Å². The van der Waals surface area contributed by atoms with E-state index in [1.54, 1.807) is 19.1 Å². The summed E-state index contributed by atoms with van der Waals surface area (Å²) in [5.41, 5.74) is 0.246. The van der Waals surface area contributed by atoms with Crippen LogP contribution in [0.15, 0.2) is 28.7 Å². The molecule has 1 atom stereocenters. The maximum Gasteiger partial charge on any atom is 0.375 e. The molecule has 1 aliphatic heterocycles. The number of hydrogen-bond donors (Lipinski definition) is 1. The van der Waals surface area contributed by atoms with E-state index in [2.05, 4.69) is 5.32 Å². The molecule has 3 rings (SSSR count). The number of hydrogen-bond acceptors (Lipinski definition) is 7. The third-order valence-electron chi connectivity index (χ3n) is 4.61. The van der Waals surface area contributed by atoms with Gasteiger partial charge in [-0.05, 0) is 26.3 Å². The lowest BCUT2D eigenvalue weighted by Crippen LogP contribution is -2.48. The zero-order valence-electron chi connectivity index (χ0n) is 15.8. The standard InChI is InChI=1S/C19H23NO7S/c1-3-25-10-14-13-6-4-5-7-15(13)27-17(14)18(22)26-11-16(21)20-19(2)8-9-28(23,24)12-19/h4-7H,3,8-12H2,1-2H3,(H,20,21). The number of sulfone groups is 1. The van der Waals surface area contributed by atoms with Gasteiger partial charge in [-0.25, -0.2) is 13.2 Å². The van der Waals surface area contributed by atoms with Crippen molar-refractivity contribution < 1.29 is 31.9 Å². The molecule has 1 amide bonds. The lowest BCUT2D eigenvalue weighted by atomic mass is 10.0. The van der Waals surface area contributed by atoms with Crippen LogP contribution in [0.3, 0.4) is 0 Å². The second kappa shape index (κ2) is 7.92. The molecule has 0 radical (unpaired) electrons. The summed E-state index contributed by atoms with van der Waals surface area (Å²) in [5.74, 6) is -1.43. The molecule has 2 heterocycles. The van der Waals surface area contributed by atoms with E-state index >= 15 is 0 Å². The molecule has 1 unspecified atom stereocenters. The van der Waals surface area contributed by atoms with E-state index in [0.717, 1.165) is 5.39 Å². The molecule has 28 heavy (non-hydrogen) atoms. The molecule has 2 aromatic rings. The van der Waals surface area contributed by atoms with Crippen LogP contribution in [0.1, 0.15) is 36.4 Å². The van der Waals surface area contributed by atoms with Crippen LogP contribution in [0, 0.1) is 0 Å². The van der Waals surface area contributed by atoms with Gasteiger partial charge in [-0.1, -0.05) is 18.2 Å². The first-order chi connectivity index (χ1) is 13.2. The molecular weight excluding hydrogens is 386 g/mol. The lowest BCUT2D eigenvalue weighted by molar-refractivity contribution is -0.125. The summed E-state index contributed by atoms with van der Waals surface area (Å²) < 4.78 is 39.4. The topological polar surface area (TPSA) is 112 Å². The van der Waals surface area contributed by atoms with Crippen molar-refractivity contribution in [2.24, 2.45) is 0 Å². The van der Waals surface area contributed by atoms with Crippen LogP contribution >= 0.6 is 0 Å². The van der Waals surface area contributed by atoms with Crippen molar-refractivity contribution in [3.05, 3.63) is 35.6 Å². The van der Waals surface area contributed by atoms with Crippen molar-refractivity contribution in [1.29, 1.82) is 0 Å². The van der Waals surface area contributed by atoms with Crippen molar-refractivity contribution in [2.45, 2.75) is 32.4 Å². The summed E-state index contributed by atoms with van der Waals surface area (Å²) in [5, 5.41) is 3.39. The summed E-state index contributed by atoms with van der Waals surface area (Å²) >= 11 is 0. The molecule has 9 heteroatoms. The summed E-state index contributed by atoms with van der Waals surface area (Å²) in [6.45, 7) is 3.63. The van der Waals surface area contributed by atoms with E-state index in [4.69, 9.17) is 13.9 Å². The van der Waals surface area contributed by atoms with E-state index in [1.165, 1.54) is 0 Å². The predicted octanol–water partition coefficient (Wildman–Crippen LogP) is 1.82. The molecule has 0 spiro atoms. The van der Waals surface area contributed by atoms with E-state index < -0.39 is 33.9 Å². The van der Waals surface area contributed by atoms with Crippen LogP contribution in [0.4, 0.5) is 0 Å². The number of nitrogens with one attached hydrogen (secondary N) is 1. The largest absolute Gasteiger partial charge is 0.450 e. The number of para-hydroxylation sites is 1. The molecular formula is C19H23NO7S. The molecule has 0 aliphatic carbocycles. The van der Waals surface area contributed by atoms with Crippen LogP contribution in [-0.4, -0.2) is 50.6 Å². The van der Waals surface area contributed by atoms with Crippen LogP contribution in [0.25, 0.3) is 11.0 Å². The van der Waals surface area contributed by atoms with Crippen LogP contribution in [0.5, 0.6) is 0 Å². The molecule has 1 N–H and O–H groups in total. The minimum atomic E-state index is -3.15. The third kappa shape index (κ3) is 4.53. The Balaban J connectivity index is 1.67. The van der Waals surface area contributed by atoms with E-state index in [1.807, 2.05) is 19.1 Å². The number of amides is 1. The molecule has 152 valence electrons. The molecule has 1 saturated heterocycles. The Morgan fingerprint density at radius 3 is 2.71 bits per heavy atom. The SMILES string of the molecule is CCOCc1c(C(=O)OCC(=O)NC2(C)CCS(=O)(=O)C2)oc2ccccc12. The predicted molar refractivity (Wildman–Crippen MR) is 102 cm³/mol. The fourth-order valence-corrected chi connectivity index (χ4v) is 5.38. The van der Waals surface area contributed by atoms with Gasteiger partial charge in [0.1, 0.15) is 5.58 Å². The molecule has 1 aromatic carbocycles. The van der Waals surface area contributed by atoms with Crippen LogP contribution in [0.2, 0.25) is 0 Å². The van der Waals surface area contributed by atoms with Gasteiger partial charge in [0.15, 0.2) is 16.4 Å². The highest BCUT2D eigenvalue weighted by Crippen LogP contribution is 2.27. The van der Waals surface area contributed by atoms with Gasteiger partial charge in [0.05, 0.1) is 23.7 Å². The summed E-state index contributed by atoms with van der Waals surface area (Å²) in [6, 6.07) is 7.16. The molecule has 0 saturated carbocycles. The first kappa shape index (κ1) is 20.3. The molecule has 1 aliphatic rings. The maximum absolute atomic E-state index is 12.5. The number of ether oxygens (including phenoxy) is 2. The Bertz CT molecular complexity index is 995. The number of benzene rings is 1. The smallest absolute Gasteiger partial charge is 0.375 e. The average Bonchev–Trinajstić information content (AvgIpc) is 3.14. The monoisotopic (exact) mass is 409 g/mol. The quantitative estimate of drug-likeness (QED) is 0.694. The van der Waals surface area contributed by atoms with Gasteiger partial charge < -0.3 is 19.2 Å². The van der Waals surface area contributed by atoms with Crippen molar-refractivity contribution in [3.8, 4) is 0 Å². The molecule has 1 aromatic heterocycles. The minimum Gasteiger partial charge on any atom is -0.450 e. The first-order valence-electron chi connectivity index (χ1n) is 9.00. The molecule has 1 fully saturated rings. The number of rotatable bonds is 7. The maximum atomic E-state index is 12.5. The highest BCUT2D eigenvalue weighted by Gasteiger charge is 2.39. The number of carbonyl (C=O) groups excluding carboxylic acids is 2. The molecule has 8 nitrogen and oxygen atoms in total. The van der Waals surface area contributed by atoms with Crippen molar-refractivity contribution in [3.63, 3.8) is 0 Å². The van der Waals surface area contributed by atoms with E-state index in [9.17, 15) is 18.0 Å². The lowest BCUT2D eigenvalue weighted by Gasteiger charge is -2.23. The van der Waals surface area contributed by atoms with Gasteiger partial charge in [-0.3, -0.25) is 4.79 Å². The second-order valence-electron chi connectivity index (χ2n) is 7.07. The van der Waals surface area contributed by atoms with Gasteiger partial charge in [-0.2, -0.15) is 0 Å². The van der Waals surface area contributed by atoms with Crippen LogP contribution < -0.4 is 5.32 Å². The fourth-order valence-electron chi connectivity index (χ4n) is 3.29. The number of furan rings is 1.